The molecule has 0 saturated carbocycles. The van der Waals surface area contributed by atoms with Crippen LogP contribution < -0.4 is 15.1 Å². The van der Waals surface area contributed by atoms with Crippen molar-refractivity contribution in [3.63, 3.8) is 0 Å². The number of amides is 2. The fourth-order valence-electron chi connectivity index (χ4n) is 2.09. The molecule has 11 heteroatoms. The molecule has 29 heavy (non-hydrogen) atoms. The van der Waals surface area contributed by atoms with Gasteiger partial charge in [-0.2, -0.15) is 0 Å². The number of rotatable bonds is 10. The number of nitrogens with one attached hydrogen (secondary N) is 2. The molecule has 0 bridgehead atoms. The molecular weight excluding hydrogens is 465 g/mol. The van der Waals surface area contributed by atoms with Gasteiger partial charge in [0.25, 0.3) is 0 Å². The minimum absolute atomic E-state index is 0.0597. The summed E-state index contributed by atoms with van der Waals surface area (Å²) in [4.78, 5) is 44.7. The average molecular weight is 482 g/mol. The monoisotopic (exact) mass is 483 g/mol. The molecular formula is C18H17N3O6SSe. The summed E-state index contributed by atoms with van der Waals surface area (Å²) in [6.45, 7) is -0.402. The second-order valence-corrected chi connectivity index (χ2v) is 9.85. The third kappa shape index (κ3) is 7.57. The van der Waals surface area contributed by atoms with E-state index in [-0.39, 0.29) is 37.8 Å². The van der Waals surface area contributed by atoms with E-state index in [1.54, 1.807) is 12.1 Å². The molecule has 0 heterocycles. The first kappa shape index (κ1) is 22.4. The van der Waals surface area contributed by atoms with Crippen LogP contribution in [0.25, 0.3) is 0 Å². The Morgan fingerprint density at radius 1 is 1.10 bits per heavy atom. The fourth-order valence-corrected chi connectivity index (χ4v) is 5.98. The van der Waals surface area contributed by atoms with E-state index in [0.717, 1.165) is 4.46 Å². The number of carbonyl (C=O) groups excluding carboxylic acids is 2. The molecule has 0 spiro atoms. The van der Waals surface area contributed by atoms with Gasteiger partial charge in [-0.25, -0.2) is 0 Å². The normalized spacial score (nSPS) is 10.2. The van der Waals surface area contributed by atoms with Crippen LogP contribution in [0.5, 0.6) is 0 Å². The van der Waals surface area contributed by atoms with E-state index in [1.807, 2.05) is 12.1 Å². The quantitative estimate of drug-likeness (QED) is 0.201. The summed E-state index contributed by atoms with van der Waals surface area (Å²) in [5.41, 5.74) is 0.884. The number of hydrogen-bond donors (Lipinski definition) is 3. The van der Waals surface area contributed by atoms with Crippen LogP contribution in [0.3, 0.4) is 0 Å². The van der Waals surface area contributed by atoms with Gasteiger partial charge in [0.2, 0.25) is 0 Å². The van der Waals surface area contributed by atoms with E-state index < -0.39 is 17.4 Å². The Balaban J connectivity index is 1.90. The van der Waals surface area contributed by atoms with Crippen LogP contribution in [0.15, 0.2) is 48.5 Å². The molecule has 0 aliphatic carbocycles. The molecule has 0 unspecified atom stereocenters. The van der Waals surface area contributed by atoms with E-state index >= 15 is 0 Å². The molecule has 0 fully saturated rings. The predicted molar refractivity (Wildman–Crippen MR) is 111 cm³/mol. The maximum absolute atomic E-state index is 12.6. The van der Waals surface area contributed by atoms with Gasteiger partial charge in [-0.05, 0) is 0 Å². The molecule has 152 valence electrons. The minimum atomic E-state index is -1.09. The van der Waals surface area contributed by atoms with Crippen LogP contribution in [0, 0.1) is 10.1 Å². The number of nitro groups is 1. The van der Waals surface area contributed by atoms with Crippen LogP contribution in [-0.4, -0.2) is 53.9 Å². The number of benzene rings is 2. The number of aliphatic carboxylic acids is 1. The van der Waals surface area contributed by atoms with Crippen LogP contribution in [0.1, 0.15) is 16.8 Å². The number of non-ortho nitro benzene ring substituents is 1. The Kier molecular flexibility index (Phi) is 8.66. The summed E-state index contributed by atoms with van der Waals surface area (Å²) >= 11 is -0.128. The first-order valence-electron chi connectivity index (χ1n) is 8.29. The Hall–Kier alpha value is -2.88. The topological polar surface area (TPSA) is 139 Å². The zero-order chi connectivity index (χ0) is 21.2. The summed E-state index contributed by atoms with van der Waals surface area (Å²) in [5.74, 6) is -1.25. The van der Waals surface area contributed by atoms with Gasteiger partial charge in [0.15, 0.2) is 0 Å². The van der Waals surface area contributed by atoms with Gasteiger partial charge < -0.3 is 0 Å². The van der Waals surface area contributed by atoms with Crippen molar-refractivity contribution in [3.05, 3.63) is 64.2 Å². The molecule has 0 aromatic heterocycles. The standard InChI is InChI=1S/C18H17N3O6SSe/c22-16(19-11-17(23)24)9-10-28-29-15-4-2-1-3-14(15)18(25)20-12-5-7-13(8-6-12)21(26)27/h1-8H,9-11H2,(H,19,22)(H,20,25)(H,23,24). The Bertz CT molecular complexity index is 907. The third-order valence-corrected chi connectivity index (χ3v) is 7.80. The average Bonchev–Trinajstić information content (AvgIpc) is 2.70. The third-order valence-electron chi connectivity index (χ3n) is 3.47. The fraction of sp³-hybridized carbons (Fsp3) is 0.167. The van der Waals surface area contributed by atoms with Gasteiger partial charge in [0.05, 0.1) is 0 Å². The van der Waals surface area contributed by atoms with E-state index in [4.69, 9.17) is 5.11 Å². The zero-order valence-corrected chi connectivity index (χ0v) is 17.5. The van der Waals surface area contributed by atoms with E-state index in [1.165, 1.54) is 34.4 Å². The summed E-state index contributed by atoms with van der Waals surface area (Å²) in [5, 5.41) is 24.2. The Morgan fingerprint density at radius 2 is 1.79 bits per heavy atom. The molecule has 2 aromatic carbocycles. The van der Waals surface area contributed by atoms with Crippen molar-refractivity contribution in [2.45, 2.75) is 6.42 Å². The van der Waals surface area contributed by atoms with Crippen molar-refractivity contribution in [3.8, 4) is 0 Å². The van der Waals surface area contributed by atoms with Gasteiger partial charge >= 0.3 is 176 Å². The van der Waals surface area contributed by atoms with Gasteiger partial charge in [-0.15, -0.1) is 0 Å². The van der Waals surface area contributed by atoms with Gasteiger partial charge in [-0.3, -0.25) is 0 Å². The van der Waals surface area contributed by atoms with Gasteiger partial charge in [0, 0.05) is 0 Å². The van der Waals surface area contributed by atoms with Crippen LogP contribution in [-0.2, 0) is 9.59 Å². The molecule has 2 aromatic rings. The van der Waals surface area contributed by atoms with Crippen molar-refractivity contribution in [1.29, 1.82) is 0 Å². The second-order valence-electron chi connectivity index (χ2n) is 5.58. The number of nitro benzene ring substituents is 1. The van der Waals surface area contributed by atoms with Crippen molar-refractivity contribution < 1.29 is 24.4 Å². The number of hydrogen-bond acceptors (Lipinski definition) is 6. The summed E-state index contributed by atoms with van der Waals surface area (Å²) < 4.78 is 0.843. The molecule has 9 nitrogen and oxygen atoms in total. The second kappa shape index (κ2) is 11.2. The molecule has 0 atom stereocenters. The van der Waals surface area contributed by atoms with Crippen molar-refractivity contribution >= 4 is 57.6 Å². The molecule has 2 amide bonds. The molecule has 2 rings (SSSR count). The summed E-state index contributed by atoms with van der Waals surface area (Å²) in [6, 6.07) is 12.7. The Labute approximate surface area is 175 Å². The number of carbonyl (C=O) groups is 3. The van der Waals surface area contributed by atoms with Gasteiger partial charge in [0.1, 0.15) is 0 Å². The first-order valence-corrected chi connectivity index (χ1v) is 12.2. The zero-order valence-electron chi connectivity index (χ0n) is 15.0. The summed E-state index contributed by atoms with van der Waals surface area (Å²) in [6.07, 6.45) is 0.191. The molecule has 0 aliphatic rings. The van der Waals surface area contributed by atoms with Crippen LogP contribution >= 0.6 is 10.2 Å². The van der Waals surface area contributed by atoms with E-state index in [0.29, 0.717) is 17.0 Å². The number of anilines is 1. The summed E-state index contributed by atoms with van der Waals surface area (Å²) in [7, 11) is 1.51. The van der Waals surface area contributed by atoms with Crippen LogP contribution in [0.4, 0.5) is 11.4 Å². The van der Waals surface area contributed by atoms with E-state index in [9.17, 15) is 24.5 Å². The van der Waals surface area contributed by atoms with Gasteiger partial charge in [-0.1, -0.05) is 0 Å². The van der Waals surface area contributed by atoms with Crippen molar-refractivity contribution in [1.82, 2.24) is 5.32 Å². The SMILES string of the molecule is O=C(O)CNC(=O)CCS[Se]c1ccccc1C(=O)Nc1ccc([N+](=O)[O-])cc1. The molecule has 0 radical (unpaired) electrons. The van der Waals surface area contributed by atoms with E-state index in [2.05, 4.69) is 10.6 Å². The number of nitrogens with zero attached hydrogens (tertiary/aromatic N) is 1. The van der Waals surface area contributed by atoms with Crippen molar-refractivity contribution in [2.75, 3.05) is 17.6 Å². The maximum atomic E-state index is 12.6. The predicted octanol–water partition coefficient (Wildman–Crippen LogP) is 1.42. The molecule has 3 N–H and O–H groups in total. The van der Waals surface area contributed by atoms with Crippen LogP contribution in [0.2, 0.25) is 0 Å². The number of carboxylic acids is 1. The number of carboxylic acid groups (broad SMARTS) is 1. The molecule has 0 aliphatic heterocycles. The van der Waals surface area contributed by atoms with Crippen molar-refractivity contribution in [2.24, 2.45) is 0 Å². The Morgan fingerprint density at radius 3 is 2.45 bits per heavy atom. The molecule has 0 saturated heterocycles. The first-order chi connectivity index (χ1) is 13.9.